The molecule has 1 aliphatic rings. The highest BCUT2D eigenvalue weighted by Crippen LogP contribution is 2.27. The van der Waals surface area contributed by atoms with Crippen LogP contribution in [0.4, 0.5) is 5.69 Å². The Balaban J connectivity index is 2.26. The van der Waals surface area contributed by atoms with Crippen molar-refractivity contribution in [3.8, 4) is 5.75 Å². The third-order valence-corrected chi connectivity index (χ3v) is 2.09. The Labute approximate surface area is 76.5 Å². The average molecular weight is 184 g/mol. The van der Waals surface area contributed by atoms with E-state index in [0.717, 1.165) is 24.5 Å². The lowest BCUT2D eigenvalue weighted by Crippen LogP contribution is -1.93. The monoisotopic (exact) mass is 183 g/mol. The summed E-state index contributed by atoms with van der Waals surface area (Å²) >= 11 is 5.54. The van der Waals surface area contributed by atoms with Crippen molar-refractivity contribution in [2.24, 2.45) is 0 Å². The van der Waals surface area contributed by atoms with Crippen molar-refractivity contribution < 1.29 is 4.74 Å². The minimum absolute atomic E-state index is 0.444. The molecule has 12 heavy (non-hydrogen) atoms. The third-order valence-electron chi connectivity index (χ3n) is 1.96. The number of hydrogen-bond acceptors (Lipinski definition) is 2. The van der Waals surface area contributed by atoms with Crippen molar-refractivity contribution in [2.75, 3.05) is 17.9 Å². The van der Waals surface area contributed by atoms with Gasteiger partial charge in [0, 0.05) is 12.1 Å². The lowest BCUT2D eigenvalue weighted by molar-refractivity contribution is 0.357. The molecule has 0 amide bonds. The predicted octanol–water partition coefficient (Wildman–Crippen LogP) is 2.23. The van der Waals surface area contributed by atoms with Gasteiger partial charge in [0.2, 0.25) is 0 Å². The summed E-state index contributed by atoms with van der Waals surface area (Å²) in [5.41, 5.74) is 2.33. The van der Waals surface area contributed by atoms with E-state index in [2.05, 4.69) is 11.4 Å². The Morgan fingerprint density at radius 1 is 1.50 bits per heavy atom. The van der Waals surface area contributed by atoms with Gasteiger partial charge in [-0.2, -0.15) is 0 Å². The number of alkyl halides is 1. The van der Waals surface area contributed by atoms with Gasteiger partial charge < -0.3 is 10.1 Å². The first kappa shape index (κ1) is 7.74. The molecule has 64 valence electrons. The van der Waals surface area contributed by atoms with E-state index in [9.17, 15) is 0 Å². The van der Waals surface area contributed by atoms with Crippen LogP contribution in [-0.4, -0.2) is 12.6 Å². The van der Waals surface area contributed by atoms with Gasteiger partial charge in [-0.15, -0.1) is 11.6 Å². The number of ether oxygens (including phenoxy) is 1. The third kappa shape index (κ3) is 1.34. The molecule has 0 aliphatic carbocycles. The Morgan fingerprint density at radius 2 is 2.42 bits per heavy atom. The summed E-state index contributed by atoms with van der Waals surface area (Å²) in [6.45, 7) is 0.805. The molecule has 1 N–H and O–H groups in total. The lowest BCUT2D eigenvalue weighted by Gasteiger charge is -2.03. The molecule has 0 fully saturated rings. The molecule has 1 heterocycles. The summed E-state index contributed by atoms with van der Waals surface area (Å²) in [4.78, 5) is 0. The standard InChI is InChI=1S/C9H10ClNO/c10-6-11-8-1-2-9-7(5-8)3-4-12-9/h1-2,5,11H,3-4,6H2. The van der Waals surface area contributed by atoms with Gasteiger partial charge in [-0.3, -0.25) is 0 Å². The molecule has 2 rings (SSSR count). The molecular formula is C9H10ClNO. The molecule has 1 aromatic rings. The van der Waals surface area contributed by atoms with Crippen LogP contribution in [0.5, 0.6) is 5.75 Å². The van der Waals surface area contributed by atoms with Gasteiger partial charge in [0.1, 0.15) is 5.75 Å². The fourth-order valence-corrected chi connectivity index (χ4v) is 1.53. The predicted molar refractivity (Wildman–Crippen MR) is 50.0 cm³/mol. The first-order valence-electron chi connectivity index (χ1n) is 3.96. The maximum absolute atomic E-state index is 5.54. The van der Waals surface area contributed by atoms with Gasteiger partial charge in [0.05, 0.1) is 12.6 Å². The van der Waals surface area contributed by atoms with Gasteiger partial charge in [0.15, 0.2) is 0 Å². The van der Waals surface area contributed by atoms with E-state index in [1.54, 1.807) is 0 Å². The van der Waals surface area contributed by atoms with Crippen molar-refractivity contribution in [3.05, 3.63) is 23.8 Å². The molecule has 2 nitrogen and oxygen atoms in total. The zero-order valence-corrected chi connectivity index (χ0v) is 7.40. The van der Waals surface area contributed by atoms with Crippen LogP contribution in [0.1, 0.15) is 5.56 Å². The molecule has 0 saturated heterocycles. The number of nitrogens with one attached hydrogen (secondary N) is 1. The van der Waals surface area contributed by atoms with E-state index in [1.165, 1.54) is 5.56 Å². The van der Waals surface area contributed by atoms with Crippen molar-refractivity contribution >= 4 is 17.3 Å². The summed E-state index contributed by atoms with van der Waals surface area (Å²) in [7, 11) is 0. The summed E-state index contributed by atoms with van der Waals surface area (Å²) < 4.78 is 5.37. The number of benzene rings is 1. The summed E-state index contributed by atoms with van der Waals surface area (Å²) in [5, 5.41) is 3.05. The van der Waals surface area contributed by atoms with Crippen LogP contribution in [0.3, 0.4) is 0 Å². The largest absolute Gasteiger partial charge is 0.493 e. The van der Waals surface area contributed by atoms with Crippen LogP contribution in [0.25, 0.3) is 0 Å². The molecule has 0 unspecified atom stereocenters. The second kappa shape index (κ2) is 3.23. The Hall–Kier alpha value is -0.890. The van der Waals surface area contributed by atoms with Gasteiger partial charge in [0.25, 0.3) is 0 Å². The van der Waals surface area contributed by atoms with Crippen molar-refractivity contribution in [1.82, 2.24) is 0 Å². The van der Waals surface area contributed by atoms with Crippen LogP contribution in [0.2, 0.25) is 0 Å². The first-order valence-corrected chi connectivity index (χ1v) is 4.49. The van der Waals surface area contributed by atoms with Crippen LogP contribution in [-0.2, 0) is 6.42 Å². The van der Waals surface area contributed by atoms with E-state index < -0.39 is 0 Å². The Bertz CT molecular complexity index is 288. The Morgan fingerprint density at radius 3 is 3.25 bits per heavy atom. The van der Waals surface area contributed by atoms with Crippen molar-refractivity contribution in [2.45, 2.75) is 6.42 Å². The van der Waals surface area contributed by atoms with E-state index >= 15 is 0 Å². The van der Waals surface area contributed by atoms with E-state index in [1.807, 2.05) is 12.1 Å². The molecule has 0 spiro atoms. The van der Waals surface area contributed by atoms with Gasteiger partial charge in [-0.25, -0.2) is 0 Å². The topological polar surface area (TPSA) is 21.3 Å². The van der Waals surface area contributed by atoms with Crippen LogP contribution in [0.15, 0.2) is 18.2 Å². The highest BCUT2D eigenvalue weighted by molar-refractivity contribution is 6.18. The second-order valence-corrected chi connectivity index (χ2v) is 3.00. The molecule has 0 saturated carbocycles. The molecular weight excluding hydrogens is 174 g/mol. The summed E-state index contributed by atoms with van der Waals surface area (Å²) in [5.74, 6) is 1.01. The minimum atomic E-state index is 0.444. The van der Waals surface area contributed by atoms with E-state index in [4.69, 9.17) is 16.3 Å². The average Bonchev–Trinajstić information content (AvgIpc) is 2.51. The molecule has 0 radical (unpaired) electrons. The fraction of sp³-hybridized carbons (Fsp3) is 0.333. The van der Waals surface area contributed by atoms with Gasteiger partial charge in [-0.1, -0.05) is 0 Å². The highest BCUT2D eigenvalue weighted by atomic mass is 35.5. The zero-order chi connectivity index (χ0) is 8.39. The smallest absolute Gasteiger partial charge is 0.122 e. The molecule has 0 bridgehead atoms. The molecule has 1 aromatic carbocycles. The fourth-order valence-electron chi connectivity index (χ4n) is 1.37. The normalized spacial score (nSPS) is 13.8. The molecule has 3 heteroatoms. The zero-order valence-electron chi connectivity index (χ0n) is 6.64. The quantitative estimate of drug-likeness (QED) is 0.561. The van der Waals surface area contributed by atoms with Gasteiger partial charge in [-0.05, 0) is 23.8 Å². The van der Waals surface area contributed by atoms with Crippen molar-refractivity contribution in [1.29, 1.82) is 0 Å². The summed E-state index contributed by atoms with van der Waals surface area (Å²) in [6.07, 6.45) is 1.01. The molecule has 1 aliphatic heterocycles. The maximum Gasteiger partial charge on any atom is 0.122 e. The van der Waals surface area contributed by atoms with Crippen LogP contribution >= 0.6 is 11.6 Å². The Kier molecular flexibility index (Phi) is 2.09. The van der Waals surface area contributed by atoms with Gasteiger partial charge >= 0.3 is 0 Å². The molecule has 0 aromatic heterocycles. The van der Waals surface area contributed by atoms with Crippen LogP contribution < -0.4 is 10.1 Å². The SMILES string of the molecule is ClCNc1ccc2c(c1)CCO2. The minimum Gasteiger partial charge on any atom is -0.493 e. The highest BCUT2D eigenvalue weighted by Gasteiger charge is 2.11. The number of hydrogen-bond donors (Lipinski definition) is 1. The first-order chi connectivity index (χ1) is 5.90. The maximum atomic E-state index is 5.54. The number of rotatable bonds is 2. The number of anilines is 1. The number of halogens is 1. The van der Waals surface area contributed by atoms with Crippen LogP contribution in [0, 0.1) is 0 Å². The van der Waals surface area contributed by atoms with E-state index in [-0.39, 0.29) is 0 Å². The van der Waals surface area contributed by atoms with Crippen molar-refractivity contribution in [3.63, 3.8) is 0 Å². The summed E-state index contributed by atoms with van der Waals surface area (Å²) in [6, 6.07) is 6.49. The van der Waals surface area contributed by atoms with E-state index in [0.29, 0.717) is 6.00 Å². The molecule has 0 atom stereocenters. The lowest BCUT2D eigenvalue weighted by atomic mass is 10.1. The number of fused-ring (bicyclic) bond motifs is 1. The second-order valence-electron chi connectivity index (χ2n) is 2.73.